The highest BCUT2D eigenvalue weighted by Crippen LogP contribution is 2.23. The van der Waals surface area contributed by atoms with Gasteiger partial charge in [0.15, 0.2) is 9.84 Å². The molecule has 0 heterocycles. The van der Waals surface area contributed by atoms with Gasteiger partial charge >= 0.3 is 0 Å². The Bertz CT molecular complexity index is 602. The summed E-state index contributed by atoms with van der Waals surface area (Å²) >= 11 is 0. The fraction of sp³-hybridized carbons (Fsp3) is 0.500. The Morgan fingerprint density at radius 3 is 2.67 bits per heavy atom. The number of halogens is 1. The van der Waals surface area contributed by atoms with Gasteiger partial charge in [0.05, 0.1) is 10.6 Å². The van der Waals surface area contributed by atoms with Crippen molar-refractivity contribution in [2.75, 3.05) is 12.3 Å². The van der Waals surface area contributed by atoms with Crippen molar-refractivity contribution >= 4 is 21.4 Å². The van der Waals surface area contributed by atoms with Crippen LogP contribution in [0.2, 0.25) is 0 Å². The standard InChI is InChI=1S/C14H21FN2O3S/c1-3-4-5-8-17-14(18)10(2)21(19,20)13-9-11(15)6-7-12(13)16/h6-7,9-10H,3-5,8,16H2,1-2H3,(H,17,18). The van der Waals surface area contributed by atoms with Crippen LogP contribution in [0.3, 0.4) is 0 Å². The summed E-state index contributed by atoms with van der Waals surface area (Å²) in [6.07, 6.45) is 2.75. The maximum absolute atomic E-state index is 13.2. The number of rotatable bonds is 7. The lowest BCUT2D eigenvalue weighted by atomic mass is 10.2. The highest BCUT2D eigenvalue weighted by Gasteiger charge is 2.31. The first kappa shape index (κ1) is 17.4. The third kappa shape index (κ3) is 4.42. The van der Waals surface area contributed by atoms with Crippen molar-refractivity contribution in [3.05, 3.63) is 24.0 Å². The molecule has 21 heavy (non-hydrogen) atoms. The first-order valence-electron chi connectivity index (χ1n) is 6.87. The van der Waals surface area contributed by atoms with Gasteiger partial charge in [0.1, 0.15) is 11.1 Å². The first-order valence-corrected chi connectivity index (χ1v) is 8.42. The number of nitrogens with one attached hydrogen (secondary N) is 1. The molecule has 0 saturated heterocycles. The molecule has 0 saturated carbocycles. The largest absolute Gasteiger partial charge is 0.398 e. The molecule has 1 aromatic rings. The number of amides is 1. The molecular weight excluding hydrogens is 295 g/mol. The molecule has 0 spiro atoms. The average molecular weight is 316 g/mol. The molecule has 0 aliphatic carbocycles. The number of hydrogen-bond acceptors (Lipinski definition) is 4. The van der Waals surface area contributed by atoms with Gasteiger partial charge in [0.2, 0.25) is 5.91 Å². The fourth-order valence-electron chi connectivity index (χ4n) is 1.82. The number of benzene rings is 1. The molecule has 0 radical (unpaired) electrons. The van der Waals surface area contributed by atoms with Crippen LogP contribution in [0.25, 0.3) is 0 Å². The van der Waals surface area contributed by atoms with E-state index in [4.69, 9.17) is 5.73 Å². The Morgan fingerprint density at radius 1 is 1.38 bits per heavy atom. The van der Waals surface area contributed by atoms with E-state index in [1.165, 1.54) is 13.0 Å². The van der Waals surface area contributed by atoms with Gasteiger partial charge in [-0.15, -0.1) is 0 Å². The second kappa shape index (κ2) is 7.40. The normalized spacial score (nSPS) is 12.9. The lowest BCUT2D eigenvalue weighted by Gasteiger charge is -2.14. The van der Waals surface area contributed by atoms with Gasteiger partial charge in [-0.3, -0.25) is 4.79 Å². The molecule has 1 rings (SSSR count). The van der Waals surface area contributed by atoms with Gasteiger partial charge in [0, 0.05) is 6.54 Å². The molecule has 3 N–H and O–H groups in total. The van der Waals surface area contributed by atoms with Gasteiger partial charge < -0.3 is 11.1 Å². The van der Waals surface area contributed by atoms with Crippen LogP contribution < -0.4 is 11.1 Å². The molecule has 0 aromatic heterocycles. The summed E-state index contributed by atoms with van der Waals surface area (Å²) in [5, 5.41) is 1.26. The average Bonchev–Trinajstić information content (AvgIpc) is 2.45. The van der Waals surface area contributed by atoms with Crippen LogP contribution in [0, 0.1) is 5.82 Å². The number of carbonyl (C=O) groups is 1. The van der Waals surface area contributed by atoms with Gasteiger partial charge in [-0.05, 0) is 31.5 Å². The zero-order chi connectivity index (χ0) is 16.0. The zero-order valence-corrected chi connectivity index (χ0v) is 13.0. The Morgan fingerprint density at radius 2 is 2.05 bits per heavy atom. The molecule has 1 amide bonds. The lowest BCUT2D eigenvalue weighted by Crippen LogP contribution is -2.38. The molecule has 0 fully saturated rings. The molecule has 1 aromatic carbocycles. The van der Waals surface area contributed by atoms with Crippen LogP contribution >= 0.6 is 0 Å². The highest BCUT2D eigenvalue weighted by molar-refractivity contribution is 7.93. The maximum Gasteiger partial charge on any atom is 0.238 e. The number of anilines is 1. The maximum atomic E-state index is 13.2. The van der Waals surface area contributed by atoms with E-state index in [9.17, 15) is 17.6 Å². The van der Waals surface area contributed by atoms with Gasteiger partial charge in [-0.25, -0.2) is 12.8 Å². The smallest absolute Gasteiger partial charge is 0.238 e. The van der Waals surface area contributed by atoms with Crippen molar-refractivity contribution in [2.24, 2.45) is 0 Å². The van der Waals surface area contributed by atoms with E-state index in [-0.39, 0.29) is 10.6 Å². The summed E-state index contributed by atoms with van der Waals surface area (Å²) in [4.78, 5) is 11.5. The van der Waals surface area contributed by atoms with E-state index < -0.39 is 26.8 Å². The predicted molar refractivity (Wildman–Crippen MR) is 80.0 cm³/mol. The topological polar surface area (TPSA) is 89.3 Å². The second-order valence-electron chi connectivity index (χ2n) is 4.87. The van der Waals surface area contributed by atoms with Crippen LogP contribution in [0.15, 0.2) is 23.1 Å². The van der Waals surface area contributed by atoms with Crippen molar-refractivity contribution in [3.8, 4) is 0 Å². The molecule has 1 atom stereocenters. The summed E-state index contributed by atoms with van der Waals surface area (Å²) < 4.78 is 37.9. The third-order valence-electron chi connectivity index (χ3n) is 3.20. The van der Waals surface area contributed by atoms with Crippen LogP contribution in [0.5, 0.6) is 0 Å². The molecule has 5 nitrogen and oxygen atoms in total. The van der Waals surface area contributed by atoms with E-state index in [2.05, 4.69) is 5.32 Å². The monoisotopic (exact) mass is 316 g/mol. The Labute approximate surface area is 124 Å². The zero-order valence-electron chi connectivity index (χ0n) is 12.2. The van der Waals surface area contributed by atoms with E-state index >= 15 is 0 Å². The molecule has 0 aliphatic heterocycles. The SMILES string of the molecule is CCCCCNC(=O)C(C)S(=O)(=O)c1cc(F)ccc1N. The van der Waals surface area contributed by atoms with Crippen molar-refractivity contribution in [3.63, 3.8) is 0 Å². The molecule has 7 heteroatoms. The molecule has 118 valence electrons. The predicted octanol–water partition coefficient (Wildman–Crippen LogP) is 1.88. The minimum atomic E-state index is -4.01. The lowest BCUT2D eigenvalue weighted by molar-refractivity contribution is -0.120. The Balaban J connectivity index is 2.86. The second-order valence-corrected chi connectivity index (χ2v) is 7.10. The van der Waals surface area contributed by atoms with Gasteiger partial charge in [-0.2, -0.15) is 0 Å². The molecule has 1 unspecified atom stereocenters. The number of sulfone groups is 1. The Kier molecular flexibility index (Phi) is 6.14. The van der Waals surface area contributed by atoms with Crippen LogP contribution in [-0.2, 0) is 14.6 Å². The quantitative estimate of drug-likeness (QED) is 0.594. The number of nitrogen functional groups attached to an aromatic ring is 1. The molecule has 0 bridgehead atoms. The summed E-state index contributed by atoms with van der Waals surface area (Å²) in [6, 6.07) is 3.09. The van der Waals surface area contributed by atoms with Crippen molar-refractivity contribution in [1.29, 1.82) is 0 Å². The minimum absolute atomic E-state index is 0.0676. The summed E-state index contributed by atoms with van der Waals surface area (Å²) in [7, 11) is -4.01. The molecule has 0 aliphatic rings. The van der Waals surface area contributed by atoms with Crippen LogP contribution in [0.4, 0.5) is 10.1 Å². The first-order chi connectivity index (χ1) is 9.80. The van der Waals surface area contributed by atoms with E-state index in [0.29, 0.717) is 6.54 Å². The molecular formula is C14H21FN2O3S. The van der Waals surface area contributed by atoms with E-state index in [0.717, 1.165) is 31.4 Å². The summed E-state index contributed by atoms with van der Waals surface area (Å²) in [5.41, 5.74) is 5.51. The minimum Gasteiger partial charge on any atom is -0.398 e. The van der Waals surface area contributed by atoms with Crippen LogP contribution in [0.1, 0.15) is 33.1 Å². The summed E-state index contributed by atoms with van der Waals surface area (Å²) in [6.45, 7) is 3.72. The Hall–Kier alpha value is -1.63. The van der Waals surface area contributed by atoms with Crippen molar-refractivity contribution < 1.29 is 17.6 Å². The van der Waals surface area contributed by atoms with E-state index in [1.54, 1.807) is 0 Å². The number of nitrogens with two attached hydrogens (primary N) is 1. The fourth-order valence-corrected chi connectivity index (χ4v) is 3.24. The van der Waals surface area contributed by atoms with Gasteiger partial charge in [0.25, 0.3) is 0 Å². The van der Waals surface area contributed by atoms with E-state index in [1.807, 2.05) is 6.92 Å². The number of hydrogen-bond donors (Lipinski definition) is 2. The number of unbranched alkanes of at least 4 members (excludes halogenated alkanes) is 2. The third-order valence-corrected chi connectivity index (χ3v) is 5.31. The van der Waals surface area contributed by atoms with Crippen LogP contribution in [-0.4, -0.2) is 26.1 Å². The van der Waals surface area contributed by atoms with Crippen molar-refractivity contribution in [1.82, 2.24) is 5.32 Å². The number of carbonyl (C=O) groups excluding carboxylic acids is 1. The summed E-state index contributed by atoms with van der Waals surface area (Å²) in [5.74, 6) is -1.31. The van der Waals surface area contributed by atoms with Gasteiger partial charge in [-0.1, -0.05) is 19.8 Å². The van der Waals surface area contributed by atoms with Crippen molar-refractivity contribution in [2.45, 2.75) is 43.3 Å². The highest BCUT2D eigenvalue weighted by atomic mass is 32.2.